The molecule has 1 heterocycles. The van der Waals surface area contributed by atoms with Crippen molar-refractivity contribution >= 4 is 18.3 Å². The summed E-state index contributed by atoms with van der Waals surface area (Å²) in [7, 11) is 0. The maximum Gasteiger partial charge on any atom is 0.410 e. The Morgan fingerprint density at radius 1 is 1.29 bits per heavy atom. The van der Waals surface area contributed by atoms with Gasteiger partial charge >= 0.3 is 6.09 Å². The molecule has 0 bridgehead atoms. The molecule has 0 saturated carbocycles. The zero-order valence-corrected chi connectivity index (χ0v) is 14.5. The monoisotopic (exact) mass is 340 g/mol. The van der Waals surface area contributed by atoms with Crippen molar-refractivity contribution in [1.29, 1.82) is 0 Å². The van der Waals surface area contributed by atoms with Crippen molar-refractivity contribution in [2.45, 2.75) is 39.3 Å². The predicted octanol–water partition coefficient (Wildman–Crippen LogP) is 2.97. The highest BCUT2D eigenvalue weighted by Crippen LogP contribution is 2.21. The number of halogens is 1. The van der Waals surface area contributed by atoms with Crippen LogP contribution in [-0.4, -0.2) is 53.8 Å². The van der Waals surface area contributed by atoms with Crippen LogP contribution >= 0.6 is 0 Å². The number of anilines is 1. The van der Waals surface area contributed by atoms with Crippen molar-refractivity contribution in [3.8, 4) is 0 Å². The Hall–Kier alpha value is -2.31. The summed E-state index contributed by atoms with van der Waals surface area (Å²) in [6.45, 7) is 9.38. The molecule has 1 saturated heterocycles. The Kier molecular flexibility index (Phi) is 7.00. The number of rotatable bonds is 1. The lowest BCUT2D eigenvalue weighted by Crippen LogP contribution is -2.55. The SMILES string of the molecule is CC1CN(c2ccc(F)cc2)CCN1C(=O)OC(C)(C)C.O=CO. The van der Waals surface area contributed by atoms with E-state index in [1.165, 1.54) is 12.1 Å². The number of carboxylic acid groups (broad SMARTS) is 1. The topological polar surface area (TPSA) is 70.1 Å². The number of benzene rings is 1. The molecule has 1 amide bonds. The molecule has 1 aromatic rings. The average Bonchev–Trinajstić information content (AvgIpc) is 2.46. The van der Waals surface area contributed by atoms with Crippen LogP contribution in [0.4, 0.5) is 14.9 Å². The fraction of sp³-hybridized carbons (Fsp3) is 0.529. The number of amides is 1. The van der Waals surface area contributed by atoms with Gasteiger partial charge in [-0.3, -0.25) is 4.79 Å². The molecular weight excluding hydrogens is 315 g/mol. The largest absolute Gasteiger partial charge is 0.483 e. The van der Waals surface area contributed by atoms with Crippen LogP contribution in [0, 0.1) is 5.82 Å². The third-order valence-electron chi connectivity index (χ3n) is 3.45. The van der Waals surface area contributed by atoms with Gasteiger partial charge in [0.15, 0.2) is 0 Å². The minimum Gasteiger partial charge on any atom is -0.483 e. The smallest absolute Gasteiger partial charge is 0.410 e. The van der Waals surface area contributed by atoms with E-state index < -0.39 is 5.60 Å². The fourth-order valence-corrected chi connectivity index (χ4v) is 2.44. The summed E-state index contributed by atoms with van der Waals surface area (Å²) in [6.07, 6.45) is -0.270. The molecule has 1 fully saturated rings. The number of ether oxygens (including phenoxy) is 1. The molecular formula is C17H25FN2O4. The van der Waals surface area contributed by atoms with Gasteiger partial charge in [0.25, 0.3) is 6.47 Å². The van der Waals surface area contributed by atoms with E-state index in [0.29, 0.717) is 13.1 Å². The predicted molar refractivity (Wildman–Crippen MR) is 89.7 cm³/mol. The molecule has 134 valence electrons. The molecule has 0 aliphatic carbocycles. The minimum atomic E-state index is -0.481. The number of piperazine rings is 1. The molecule has 1 unspecified atom stereocenters. The van der Waals surface area contributed by atoms with E-state index in [1.54, 1.807) is 17.0 Å². The molecule has 2 rings (SSSR count). The lowest BCUT2D eigenvalue weighted by Gasteiger charge is -2.41. The van der Waals surface area contributed by atoms with Crippen molar-refractivity contribution in [3.05, 3.63) is 30.1 Å². The highest BCUT2D eigenvalue weighted by Gasteiger charge is 2.30. The molecule has 1 aromatic carbocycles. The summed E-state index contributed by atoms with van der Waals surface area (Å²) in [5.41, 5.74) is 0.498. The van der Waals surface area contributed by atoms with E-state index in [1.807, 2.05) is 27.7 Å². The van der Waals surface area contributed by atoms with Gasteiger partial charge in [-0.15, -0.1) is 0 Å². The lowest BCUT2D eigenvalue weighted by molar-refractivity contribution is -0.122. The molecule has 6 nitrogen and oxygen atoms in total. The number of carbonyl (C=O) groups excluding carboxylic acids is 1. The third kappa shape index (κ3) is 6.06. The Labute approximate surface area is 141 Å². The third-order valence-corrected chi connectivity index (χ3v) is 3.45. The van der Waals surface area contributed by atoms with E-state index in [0.717, 1.165) is 12.2 Å². The van der Waals surface area contributed by atoms with Crippen molar-refractivity contribution in [1.82, 2.24) is 4.90 Å². The van der Waals surface area contributed by atoms with Crippen molar-refractivity contribution in [3.63, 3.8) is 0 Å². The van der Waals surface area contributed by atoms with Crippen LogP contribution in [0.2, 0.25) is 0 Å². The summed E-state index contributed by atoms with van der Waals surface area (Å²) in [6, 6.07) is 6.51. The summed E-state index contributed by atoms with van der Waals surface area (Å²) >= 11 is 0. The standard InChI is InChI=1S/C16H23FN2O2.CH2O2/c1-12-11-18(14-7-5-13(17)6-8-14)9-10-19(12)15(20)21-16(2,3)4;2-1-3/h5-8,12H,9-11H2,1-4H3;1H,(H,2,3). The number of hydrogen-bond acceptors (Lipinski definition) is 4. The maximum absolute atomic E-state index is 13.0. The van der Waals surface area contributed by atoms with Gasteiger partial charge in [-0.25, -0.2) is 9.18 Å². The second-order valence-corrected chi connectivity index (χ2v) is 6.55. The quantitative estimate of drug-likeness (QED) is 0.796. The molecule has 0 radical (unpaired) electrons. The first kappa shape index (κ1) is 19.7. The molecule has 1 atom stereocenters. The number of carbonyl (C=O) groups is 2. The van der Waals surface area contributed by atoms with Crippen LogP contribution in [0.25, 0.3) is 0 Å². The van der Waals surface area contributed by atoms with Crippen molar-refractivity contribution < 1.29 is 23.8 Å². The average molecular weight is 340 g/mol. The van der Waals surface area contributed by atoms with E-state index in [2.05, 4.69) is 4.90 Å². The summed E-state index contributed by atoms with van der Waals surface area (Å²) < 4.78 is 18.4. The van der Waals surface area contributed by atoms with Gasteiger partial charge in [0.2, 0.25) is 0 Å². The van der Waals surface area contributed by atoms with E-state index >= 15 is 0 Å². The van der Waals surface area contributed by atoms with Crippen LogP contribution in [0.3, 0.4) is 0 Å². The number of hydrogen-bond donors (Lipinski definition) is 1. The van der Waals surface area contributed by atoms with Gasteiger partial charge in [-0.1, -0.05) is 0 Å². The van der Waals surface area contributed by atoms with E-state index in [4.69, 9.17) is 14.6 Å². The zero-order chi connectivity index (χ0) is 18.3. The molecule has 0 aromatic heterocycles. The molecule has 0 spiro atoms. The van der Waals surface area contributed by atoms with Gasteiger partial charge in [0.05, 0.1) is 0 Å². The minimum absolute atomic E-state index is 0.0543. The first-order valence-electron chi connectivity index (χ1n) is 7.76. The molecule has 1 aliphatic rings. The van der Waals surface area contributed by atoms with Gasteiger partial charge in [0.1, 0.15) is 11.4 Å². The van der Waals surface area contributed by atoms with Gasteiger partial charge in [-0.2, -0.15) is 0 Å². The van der Waals surface area contributed by atoms with Crippen LogP contribution in [-0.2, 0) is 9.53 Å². The molecule has 1 aliphatic heterocycles. The number of nitrogens with zero attached hydrogens (tertiary/aromatic N) is 2. The maximum atomic E-state index is 13.0. The van der Waals surface area contributed by atoms with E-state index in [9.17, 15) is 9.18 Å². The zero-order valence-electron chi connectivity index (χ0n) is 14.5. The first-order chi connectivity index (χ1) is 11.2. The Morgan fingerprint density at radius 2 is 1.83 bits per heavy atom. The fourth-order valence-electron chi connectivity index (χ4n) is 2.44. The van der Waals surface area contributed by atoms with Gasteiger partial charge < -0.3 is 19.6 Å². The summed E-state index contributed by atoms with van der Waals surface area (Å²) in [5, 5.41) is 6.89. The second kappa shape index (κ2) is 8.52. The first-order valence-corrected chi connectivity index (χ1v) is 7.76. The molecule has 1 N–H and O–H groups in total. The molecule has 7 heteroatoms. The normalized spacial score (nSPS) is 17.6. The Morgan fingerprint density at radius 3 is 2.29 bits per heavy atom. The summed E-state index contributed by atoms with van der Waals surface area (Å²) in [5.74, 6) is -0.237. The van der Waals surface area contributed by atoms with Crippen LogP contribution in [0.15, 0.2) is 24.3 Å². The second-order valence-electron chi connectivity index (χ2n) is 6.55. The lowest BCUT2D eigenvalue weighted by atomic mass is 10.1. The highest BCUT2D eigenvalue weighted by atomic mass is 19.1. The van der Waals surface area contributed by atoms with Crippen molar-refractivity contribution in [2.75, 3.05) is 24.5 Å². The van der Waals surface area contributed by atoms with Crippen LogP contribution in [0.5, 0.6) is 0 Å². The Bertz CT molecular complexity index is 543. The van der Waals surface area contributed by atoms with Crippen LogP contribution < -0.4 is 4.90 Å². The Balaban J connectivity index is 0.000000891. The summed E-state index contributed by atoms with van der Waals surface area (Å²) in [4.78, 5) is 24.4. The van der Waals surface area contributed by atoms with E-state index in [-0.39, 0.29) is 24.4 Å². The van der Waals surface area contributed by atoms with Gasteiger partial charge in [-0.05, 0) is 52.0 Å². The van der Waals surface area contributed by atoms with Crippen molar-refractivity contribution in [2.24, 2.45) is 0 Å². The van der Waals surface area contributed by atoms with Gasteiger partial charge in [0, 0.05) is 31.4 Å². The molecule has 24 heavy (non-hydrogen) atoms. The highest BCUT2D eigenvalue weighted by molar-refractivity contribution is 5.69. The van der Waals surface area contributed by atoms with Crippen LogP contribution in [0.1, 0.15) is 27.7 Å².